The third kappa shape index (κ3) is 1.62. The summed E-state index contributed by atoms with van der Waals surface area (Å²) in [6.07, 6.45) is 3.87. The maximum Gasteiger partial charge on any atom is 0.0731 e. The molecule has 2 saturated carbocycles. The molecule has 15 heavy (non-hydrogen) atoms. The van der Waals surface area contributed by atoms with Crippen LogP contribution in [0.25, 0.3) is 0 Å². The molecule has 0 saturated heterocycles. The molecule has 0 heterocycles. The highest BCUT2D eigenvalue weighted by Gasteiger charge is 2.58. The molecule has 2 rings (SSSR count). The van der Waals surface area contributed by atoms with Crippen LogP contribution < -0.4 is 5.32 Å². The Morgan fingerprint density at radius 2 is 1.80 bits per heavy atom. The number of hydrogen-bond donors (Lipinski definition) is 1. The van der Waals surface area contributed by atoms with E-state index in [-0.39, 0.29) is 11.0 Å². The Kier molecular flexibility index (Phi) is 2.63. The van der Waals surface area contributed by atoms with Crippen molar-refractivity contribution in [3.63, 3.8) is 0 Å². The van der Waals surface area contributed by atoms with E-state index in [1.807, 2.05) is 7.11 Å². The molecule has 0 radical (unpaired) electrons. The van der Waals surface area contributed by atoms with Gasteiger partial charge in [-0.3, -0.25) is 0 Å². The van der Waals surface area contributed by atoms with Gasteiger partial charge in [0.25, 0.3) is 0 Å². The maximum absolute atomic E-state index is 5.63. The fourth-order valence-corrected chi connectivity index (χ4v) is 3.08. The topological polar surface area (TPSA) is 21.3 Å². The molecule has 2 aliphatic rings. The van der Waals surface area contributed by atoms with E-state index in [1.165, 1.54) is 12.8 Å². The average molecular weight is 211 g/mol. The smallest absolute Gasteiger partial charge is 0.0731 e. The Balaban J connectivity index is 1.87. The van der Waals surface area contributed by atoms with Crippen molar-refractivity contribution in [3.05, 3.63) is 0 Å². The van der Waals surface area contributed by atoms with E-state index in [0.29, 0.717) is 6.04 Å². The third-order valence-corrected chi connectivity index (χ3v) is 5.09. The van der Waals surface area contributed by atoms with Crippen LogP contribution in [-0.2, 0) is 4.74 Å². The standard InChI is InChI=1S/C13H25NO/c1-9-6-10(7-9)14-11-8-13(4,15-5)12(11,2)3/h9-11,14H,6-8H2,1-5H3. The van der Waals surface area contributed by atoms with Crippen molar-refractivity contribution in [2.75, 3.05) is 7.11 Å². The van der Waals surface area contributed by atoms with Gasteiger partial charge in [-0.25, -0.2) is 0 Å². The normalized spacial score (nSPS) is 48.2. The molecule has 2 nitrogen and oxygen atoms in total. The van der Waals surface area contributed by atoms with Gasteiger partial charge in [-0.05, 0) is 32.1 Å². The lowest BCUT2D eigenvalue weighted by Gasteiger charge is -2.60. The number of nitrogens with one attached hydrogen (secondary N) is 1. The predicted molar refractivity (Wildman–Crippen MR) is 62.9 cm³/mol. The van der Waals surface area contributed by atoms with Crippen LogP contribution in [0.15, 0.2) is 0 Å². The van der Waals surface area contributed by atoms with E-state index in [1.54, 1.807) is 0 Å². The summed E-state index contributed by atoms with van der Waals surface area (Å²) in [6.45, 7) is 9.21. The fourth-order valence-electron chi connectivity index (χ4n) is 3.08. The monoisotopic (exact) mass is 211 g/mol. The summed E-state index contributed by atoms with van der Waals surface area (Å²) in [5, 5.41) is 3.78. The predicted octanol–water partition coefficient (Wildman–Crippen LogP) is 2.58. The van der Waals surface area contributed by atoms with Crippen molar-refractivity contribution in [1.82, 2.24) is 5.32 Å². The first-order valence-electron chi connectivity index (χ1n) is 6.20. The van der Waals surface area contributed by atoms with Gasteiger partial charge in [-0.15, -0.1) is 0 Å². The van der Waals surface area contributed by atoms with Crippen LogP contribution >= 0.6 is 0 Å². The lowest BCUT2D eigenvalue weighted by atomic mass is 9.55. The molecule has 0 aromatic carbocycles. The van der Waals surface area contributed by atoms with Crippen molar-refractivity contribution in [1.29, 1.82) is 0 Å². The first-order chi connectivity index (χ1) is 6.89. The number of ether oxygens (including phenoxy) is 1. The molecule has 0 aromatic rings. The molecule has 2 atom stereocenters. The highest BCUT2D eigenvalue weighted by Crippen LogP contribution is 2.52. The molecule has 88 valence electrons. The molecule has 0 amide bonds. The van der Waals surface area contributed by atoms with Gasteiger partial charge in [0.15, 0.2) is 0 Å². The first-order valence-corrected chi connectivity index (χ1v) is 6.20. The minimum absolute atomic E-state index is 0.0695. The van der Waals surface area contributed by atoms with Crippen LogP contribution in [-0.4, -0.2) is 24.8 Å². The Labute approximate surface area is 93.8 Å². The summed E-state index contributed by atoms with van der Waals surface area (Å²) < 4.78 is 5.63. The molecule has 0 bridgehead atoms. The molecule has 2 aliphatic carbocycles. The average Bonchev–Trinajstić information content (AvgIpc) is 2.14. The highest BCUT2D eigenvalue weighted by molar-refractivity contribution is 5.12. The molecular formula is C13H25NO. The van der Waals surface area contributed by atoms with Crippen molar-refractivity contribution in [3.8, 4) is 0 Å². The minimum Gasteiger partial charge on any atom is -0.378 e. The van der Waals surface area contributed by atoms with Crippen LogP contribution in [0.4, 0.5) is 0 Å². The van der Waals surface area contributed by atoms with E-state index < -0.39 is 0 Å². The molecule has 0 aromatic heterocycles. The SMILES string of the molecule is COC1(C)CC(NC2CC(C)C2)C1(C)C. The van der Waals surface area contributed by atoms with Gasteiger partial charge < -0.3 is 10.1 Å². The summed E-state index contributed by atoms with van der Waals surface area (Å²) in [5.41, 5.74) is 0.334. The van der Waals surface area contributed by atoms with E-state index in [2.05, 4.69) is 33.0 Å². The van der Waals surface area contributed by atoms with Crippen molar-refractivity contribution < 1.29 is 4.74 Å². The Morgan fingerprint density at radius 1 is 1.20 bits per heavy atom. The molecule has 2 heteroatoms. The van der Waals surface area contributed by atoms with Gasteiger partial charge in [0, 0.05) is 24.6 Å². The van der Waals surface area contributed by atoms with Crippen molar-refractivity contribution >= 4 is 0 Å². The van der Waals surface area contributed by atoms with Gasteiger partial charge in [0.05, 0.1) is 5.60 Å². The Hall–Kier alpha value is -0.0800. The molecule has 0 spiro atoms. The largest absolute Gasteiger partial charge is 0.378 e. The molecular weight excluding hydrogens is 186 g/mol. The van der Waals surface area contributed by atoms with Gasteiger partial charge in [-0.2, -0.15) is 0 Å². The Bertz CT molecular complexity index is 245. The molecule has 1 N–H and O–H groups in total. The zero-order valence-electron chi connectivity index (χ0n) is 10.8. The second-order valence-electron chi connectivity index (χ2n) is 6.35. The molecule has 2 unspecified atom stereocenters. The van der Waals surface area contributed by atoms with Crippen LogP contribution in [0.1, 0.15) is 47.0 Å². The zero-order chi connectivity index (χ0) is 11.3. The summed E-state index contributed by atoms with van der Waals surface area (Å²) >= 11 is 0. The second kappa shape index (κ2) is 3.46. The van der Waals surface area contributed by atoms with Crippen LogP contribution in [0.2, 0.25) is 0 Å². The maximum atomic E-state index is 5.63. The summed E-state index contributed by atoms with van der Waals surface area (Å²) in [4.78, 5) is 0. The quantitative estimate of drug-likeness (QED) is 0.774. The number of methoxy groups -OCH3 is 1. The Morgan fingerprint density at radius 3 is 2.20 bits per heavy atom. The first kappa shape index (κ1) is 11.4. The summed E-state index contributed by atoms with van der Waals surface area (Å²) in [6, 6.07) is 1.41. The van der Waals surface area contributed by atoms with Crippen LogP contribution in [0.3, 0.4) is 0 Å². The van der Waals surface area contributed by atoms with Crippen molar-refractivity contribution in [2.24, 2.45) is 11.3 Å². The van der Waals surface area contributed by atoms with Gasteiger partial charge in [0.1, 0.15) is 0 Å². The molecule has 0 aliphatic heterocycles. The second-order valence-corrected chi connectivity index (χ2v) is 6.35. The minimum atomic E-state index is 0.0695. The zero-order valence-corrected chi connectivity index (χ0v) is 10.8. The molecule has 2 fully saturated rings. The van der Waals surface area contributed by atoms with Crippen LogP contribution in [0, 0.1) is 11.3 Å². The van der Waals surface area contributed by atoms with E-state index >= 15 is 0 Å². The van der Waals surface area contributed by atoms with Crippen LogP contribution in [0.5, 0.6) is 0 Å². The lowest BCUT2D eigenvalue weighted by Crippen LogP contribution is -2.69. The van der Waals surface area contributed by atoms with Gasteiger partial charge in [0.2, 0.25) is 0 Å². The van der Waals surface area contributed by atoms with E-state index in [0.717, 1.165) is 18.4 Å². The third-order valence-electron chi connectivity index (χ3n) is 5.09. The van der Waals surface area contributed by atoms with Crippen molar-refractivity contribution in [2.45, 2.75) is 64.6 Å². The van der Waals surface area contributed by atoms with Gasteiger partial charge in [-0.1, -0.05) is 20.8 Å². The summed E-state index contributed by atoms with van der Waals surface area (Å²) in [7, 11) is 1.84. The lowest BCUT2D eigenvalue weighted by molar-refractivity contribution is -0.184. The van der Waals surface area contributed by atoms with E-state index in [9.17, 15) is 0 Å². The number of hydrogen-bond acceptors (Lipinski definition) is 2. The highest BCUT2D eigenvalue weighted by atomic mass is 16.5. The number of rotatable bonds is 3. The van der Waals surface area contributed by atoms with Gasteiger partial charge >= 0.3 is 0 Å². The summed E-state index contributed by atoms with van der Waals surface area (Å²) in [5.74, 6) is 0.930. The fraction of sp³-hybridized carbons (Fsp3) is 1.00. The van der Waals surface area contributed by atoms with E-state index in [4.69, 9.17) is 4.74 Å².